The average molecular weight is 395 g/mol. The molecule has 0 aliphatic carbocycles. The Bertz CT molecular complexity index is 635. The van der Waals surface area contributed by atoms with E-state index < -0.39 is 15.6 Å². The zero-order chi connectivity index (χ0) is 16.4. The third kappa shape index (κ3) is 4.09. The van der Waals surface area contributed by atoms with Gasteiger partial charge in [-0.05, 0) is 40.9 Å². The Morgan fingerprint density at radius 3 is 2.55 bits per heavy atom. The van der Waals surface area contributed by atoms with Gasteiger partial charge in [0, 0.05) is 26.7 Å². The van der Waals surface area contributed by atoms with E-state index >= 15 is 0 Å². The van der Waals surface area contributed by atoms with Gasteiger partial charge in [-0.25, -0.2) is 12.7 Å². The maximum absolute atomic E-state index is 12.0. The summed E-state index contributed by atoms with van der Waals surface area (Å²) in [6, 6.07) is 3.22. The van der Waals surface area contributed by atoms with E-state index in [0.29, 0.717) is 37.1 Å². The molecule has 9 heteroatoms. The second-order valence-electron chi connectivity index (χ2n) is 5.34. The Kier molecular flexibility index (Phi) is 5.31. The number of nitrogens with zero attached hydrogens (tertiary/aromatic N) is 1. The maximum Gasteiger partial charge on any atom is 0.287 e. The van der Waals surface area contributed by atoms with Gasteiger partial charge in [0.25, 0.3) is 5.91 Å². The van der Waals surface area contributed by atoms with Crippen molar-refractivity contribution < 1.29 is 22.4 Å². The van der Waals surface area contributed by atoms with Crippen molar-refractivity contribution in [2.45, 2.75) is 18.4 Å². The van der Waals surface area contributed by atoms with Crippen LogP contribution in [0.4, 0.5) is 0 Å². The molecule has 0 saturated carbocycles. The first-order valence-corrected chi connectivity index (χ1v) is 9.44. The van der Waals surface area contributed by atoms with E-state index in [1.54, 1.807) is 19.2 Å². The number of sulfonamides is 1. The summed E-state index contributed by atoms with van der Waals surface area (Å²) in [6.07, 6.45) is 2.25. The topological polar surface area (TPSA) is 88.8 Å². The van der Waals surface area contributed by atoms with E-state index in [0.717, 1.165) is 0 Å². The molecule has 0 bridgehead atoms. The molecular formula is C13H19BrN2O5S. The molecule has 0 spiro atoms. The third-order valence-electron chi connectivity index (χ3n) is 3.90. The van der Waals surface area contributed by atoms with Gasteiger partial charge in [-0.1, -0.05) is 0 Å². The minimum Gasteiger partial charge on any atom is -0.444 e. The molecule has 0 unspecified atom stereocenters. The summed E-state index contributed by atoms with van der Waals surface area (Å²) in [6.45, 7) is 1.07. The van der Waals surface area contributed by atoms with E-state index in [4.69, 9.17) is 9.15 Å². The monoisotopic (exact) mass is 394 g/mol. The first kappa shape index (κ1) is 17.5. The van der Waals surface area contributed by atoms with Crippen molar-refractivity contribution >= 4 is 31.9 Å². The number of piperidine rings is 1. The van der Waals surface area contributed by atoms with Crippen LogP contribution in [0.1, 0.15) is 23.4 Å². The van der Waals surface area contributed by atoms with Gasteiger partial charge in [0.1, 0.15) is 0 Å². The van der Waals surface area contributed by atoms with Gasteiger partial charge < -0.3 is 14.5 Å². The molecule has 1 fully saturated rings. The highest BCUT2D eigenvalue weighted by atomic mass is 79.9. The minimum absolute atomic E-state index is 0.215. The fourth-order valence-electron chi connectivity index (χ4n) is 2.44. The molecule has 1 aromatic heterocycles. The zero-order valence-corrected chi connectivity index (χ0v) is 14.9. The van der Waals surface area contributed by atoms with Crippen LogP contribution in [-0.4, -0.2) is 57.2 Å². The minimum atomic E-state index is -3.19. The number of carbonyl (C=O) groups is 1. The average Bonchev–Trinajstić information content (AvgIpc) is 2.91. The van der Waals surface area contributed by atoms with Gasteiger partial charge in [0.05, 0.1) is 11.9 Å². The lowest BCUT2D eigenvalue weighted by molar-refractivity contribution is -0.0425. The maximum atomic E-state index is 12.0. The van der Waals surface area contributed by atoms with Gasteiger partial charge in [-0.2, -0.15) is 0 Å². The Hall–Kier alpha value is -0.900. The van der Waals surface area contributed by atoms with Crippen LogP contribution in [0.5, 0.6) is 0 Å². The molecule has 2 heterocycles. The predicted octanol–water partition coefficient (Wildman–Crippen LogP) is 1.21. The van der Waals surface area contributed by atoms with E-state index in [1.807, 2.05) is 0 Å². The number of furan rings is 1. The number of amides is 1. The fourth-order valence-corrected chi connectivity index (χ4v) is 3.60. The van der Waals surface area contributed by atoms with Crippen LogP contribution in [-0.2, 0) is 14.8 Å². The van der Waals surface area contributed by atoms with Gasteiger partial charge in [0.2, 0.25) is 10.0 Å². The quantitative estimate of drug-likeness (QED) is 0.810. The van der Waals surface area contributed by atoms with Crippen molar-refractivity contribution in [3.05, 3.63) is 22.6 Å². The molecule has 1 aliphatic rings. The molecule has 1 saturated heterocycles. The van der Waals surface area contributed by atoms with Crippen LogP contribution < -0.4 is 5.32 Å². The highest BCUT2D eigenvalue weighted by Gasteiger charge is 2.37. The van der Waals surface area contributed by atoms with Gasteiger partial charge in [-0.15, -0.1) is 0 Å². The Labute approximate surface area is 138 Å². The molecular weight excluding hydrogens is 376 g/mol. The van der Waals surface area contributed by atoms with Crippen molar-refractivity contribution in [1.29, 1.82) is 0 Å². The third-order valence-corrected chi connectivity index (χ3v) is 5.63. The van der Waals surface area contributed by atoms with E-state index in [9.17, 15) is 13.2 Å². The zero-order valence-electron chi connectivity index (χ0n) is 12.5. The Morgan fingerprint density at radius 2 is 2.09 bits per heavy atom. The van der Waals surface area contributed by atoms with Crippen molar-refractivity contribution in [2.24, 2.45) is 0 Å². The molecule has 0 radical (unpaired) electrons. The molecule has 1 N–H and O–H groups in total. The van der Waals surface area contributed by atoms with Crippen LogP contribution >= 0.6 is 15.9 Å². The molecule has 1 aromatic rings. The standard InChI is InChI=1S/C13H19BrN2O5S/c1-20-13(5-7-16(8-6-13)22(2,18)19)9-15-12(17)10-3-4-11(14)21-10/h3-4H,5-9H2,1-2H3,(H,15,17). The molecule has 7 nitrogen and oxygen atoms in total. The molecule has 124 valence electrons. The number of methoxy groups -OCH3 is 1. The number of nitrogens with one attached hydrogen (secondary N) is 1. The molecule has 1 amide bonds. The van der Waals surface area contributed by atoms with Gasteiger partial charge >= 0.3 is 0 Å². The first-order chi connectivity index (χ1) is 10.3. The molecule has 2 rings (SSSR count). The van der Waals surface area contributed by atoms with E-state index in [2.05, 4.69) is 21.2 Å². The summed E-state index contributed by atoms with van der Waals surface area (Å²) in [5.74, 6) is -0.112. The number of ether oxygens (including phenoxy) is 1. The highest BCUT2D eigenvalue weighted by molar-refractivity contribution is 9.10. The predicted molar refractivity (Wildman–Crippen MR) is 84.1 cm³/mol. The highest BCUT2D eigenvalue weighted by Crippen LogP contribution is 2.26. The summed E-state index contributed by atoms with van der Waals surface area (Å²) in [4.78, 5) is 12.0. The number of hydrogen-bond donors (Lipinski definition) is 1. The van der Waals surface area contributed by atoms with E-state index in [1.165, 1.54) is 10.6 Å². The van der Waals surface area contributed by atoms with Gasteiger partial charge in [-0.3, -0.25) is 4.79 Å². The molecule has 0 aromatic carbocycles. The molecule has 22 heavy (non-hydrogen) atoms. The van der Waals surface area contributed by atoms with Crippen LogP contribution in [0, 0.1) is 0 Å². The summed E-state index contributed by atoms with van der Waals surface area (Å²) < 4.78 is 35.7. The second-order valence-corrected chi connectivity index (χ2v) is 8.10. The second kappa shape index (κ2) is 6.69. The normalized spacial score (nSPS) is 19.0. The fraction of sp³-hybridized carbons (Fsp3) is 0.615. The van der Waals surface area contributed by atoms with E-state index in [-0.39, 0.29) is 11.7 Å². The summed E-state index contributed by atoms with van der Waals surface area (Å²) in [5.41, 5.74) is -0.555. The number of hydrogen-bond acceptors (Lipinski definition) is 5. The van der Waals surface area contributed by atoms with Crippen LogP contribution in [0.25, 0.3) is 0 Å². The lowest BCUT2D eigenvalue weighted by Crippen LogP contribution is -2.52. The Morgan fingerprint density at radius 1 is 1.45 bits per heavy atom. The number of rotatable bonds is 5. The number of carbonyl (C=O) groups excluding carboxylic acids is 1. The van der Waals surface area contributed by atoms with Gasteiger partial charge in [0.15, 0.2) is 10.4 Å². The lowest BCUT2D eigenvalue weighted by atomic mass is 9.92. The summed E-state index contributed by atoms with van der Waals surface area (Å²) in [5, 5.41) is 2.78. The molecule has 1 aliphatic heterocycles. The summed E-state index contributed by atoms with van der Waals surface area (Å²) in [7, 11) is -1.61. The summed E-state index contributed by atoms with van der Waals surface area (Å²) >= 11 is 3.14. The molecule has 0 atom stereocenters. The van der Waals surface area contributed by atoms with Crippen LogP contribution in [0.15, 0.2) is 21.2 Å². The number of halogens is 1. The van der Waals surface area contributed by atoms with Crippen LogP contribution in [0.3, 0.4) is 0 Å². The van der Waals surface area contributed by atoms with Crippen molar-refractivity contribution in [2.75, 3.05) is 33.0 Å². The van der Waals surface area contributed by atoms with Crippen molar-refractivity contribution in [1.82, 2.24) is 9.62 Å². The largest absolute Gasteiger partial charge is 0.444 e. The SMILES string of the molecule is COC1(CNC(=O)c2ccc(Br)o2)CCN(S(C)(=O)=O)CC1. The smallest absolute Gasteiger partial charge is 0.287 e. The van der Waals surface area contributed by atoms with Crippen LogP contribution in [0.2, 0.25) is 0 Å². The van der Waals surface area contributed by atoms with Crippen molar-refractivity contribution in [3.63, 3.8) is 0 Å². The first-order valence-electron chi connectivity index (χ1n) is 6.80. The van der Waals surface area contributed by atoms with Crippen molar-refractivity contribution in [3.8, 4) is 0 Å². The lowest BCUT2D eigenvalue weighted by Gasteiger charge is -2.39. The Balaban J connectivity index is 1.94.